The van der Waals surface area contributed by atoms with E-state index in [1.54, 1.807) is 21.9 Å². The van der Waals surface area contributed by atoms with Crippen molar-refractivity contribution in [1.82, 2.24) is 55.9 Å². The zero-order chi connectivity index (χ0) is 80.8. The molecule has 22 heteroatoms. The van der Waals surface area contributed by atoms with E-state index in [9.17, 15) is 34.5 Å². The van der Waals surface area contributed by atoms with Gasteiger partial charge in [-0.15, -0.1) is 0 Å². The number of carbonyl (C=O) groups is 4. The SMILES string of the molecule is C.CC(C)(C)OC(=O)N1C(Cc2ccc(C(=O)O)cc2)CC[C@@H]1[C@H](O[Si](C)(C)C(C)(C)C)c1ccccc1.CN(Cc1cc(C2CC2)n[nH]1)C(=O)c1ccc(C[C@@H]2CC[C@H]([C@H](O)c3ccccc3)C2)cc1.CN(Cc1cc(C2CC2)n[nH]1)C(=O)c1ccc(C[C@@H]2CC[C@H]([C@H](O)c3ccccc3)N2)cc1.CNCc1cc(C2CC2)n[nH]1.[B]. The van der Waals surface area contributed by atoms with E-state index in [2.05, 4.69) is 118 Å². The van der Waals surface area contributed by atoms with Crippen molar-refractivity contribution in [2.75, 3.05) is 21.1 Å². The maximum Gasteiger partial charge on any atom is 0.410 e. The molecule has 2 saturated heterocycles. The number of aromatic amines is 3. The van der Waals surface area contributed by atoms with Crippen LogP contribution in [0.2, 0.25) is 18.1 Å². The summed E-state index contributed by atoms with van der Waals surface area (Å²) in [5.41, 5.74) is 14.2. The molecular weight excluding hydrogens is 1470 g/mol. The Balaban J connectivity index is 0.000000170. The van der Waals surface area contributed by atoms with Gasteiger partial charge in [-0.05, 0) is 248 Å². The van der Waals surface area contributed by atoms with Crippen molar-refractivity contribution >= 4 is 40.6 Å². The smallest absolute Gasteiger partial charge is 0.410 e. The monoisotopic (exact) mass is 1590 g/mol. The minimum atomic E-state index is -2.18. The van der Waals surface area contributed by atoms with Gasteiger partial charge in [0.05, 0.1) is 71.5 Å². The van der Waals surface area contributed by atoms with E-state index in [-0.39, 0.29) is 74.7 Å². The van der Waals surface area contributed by atoms with Crippen LogP contribution in [0.4, 0.5) is 4.79 Å². The van der Waals surface area contributed by atoms with E-state index in [4.69, 9.17) is 9.16 Å². The fraction of sp³-hybridized carbons (Fsp3) is 0.479. The molecule has 2 aliphatic heterocycles. The van der Waals surface area contributed by atoms with Crippen LogP contribution in [0.25, 0.3) is 0 Å². The van der Waals surface area contributed by atoms with Crippen LogP contribution < -0.4 is 10.6 Å². The number of amides is 3. The highest BCUT2D eigenvalue weighted by Crippen LogP contribution is 2.46. The van der Waals surface area contributed by atoms with Crippen molar-refractivity contribution in [3.63, 3.8) is 0 Å². The average Bonchev–Trinajstić information content (AvgIpc) is 1.39. The number of aromatic carboxylic acids is 1. The van der Waals surface area contributed by atoms with Gasteiger partial charge >= 0.3 is 12.1 Å². The summed E-state index contributed by atoms with van der Waals surface area (Å²) in [7, 11) is 3.43. The lowest BCUT2D eigenvalue weighted by Gasteiger charge is -2.43. The van der Waals surface area contributed by atoms with Crippen LogP contribution in [0, 0.1) is 11.8 Å². The Hall–Kier alpha value is -9.29. The van der Waals surface area contributed by atoms with Gasteiger partial charge in [-0.2, -0.15) is 15.3 Å². The number of rotatable bonds is 26. The predicted molar refractivity (Wildman–Crippen MR) is 462 cm³/mol. The van der Waals surface area contributed by atoms with Crippen LogP contribution in [0.5, 0.6) is 0 Å². The third-order valence-electron chi connectivity index (χ3n) is 23.7. The Bertz CT molecular complexity index is 4380. The number of likely N-dealkylation sites (tertiary alicyclic amines) is 1. The zero-order valence-corrected chi connectivity index (χ0v) is 70.2. The van der Waals surface area contributed by atoms with Crippen molar-refractivity contribution in [3.8, 4) is 0 Å². The number of hydrogen-bond acceptors (Lipinski definition) is 13. The Morgan fingerprint density at radius 2 is 0.983 bits per heavy atom. The van der Waals surface area contributed by atoms with Gasteiger partial charge in [-0.25, -0.2) is 9.59 Å². The van der Waals surface area contributed by atoms with Gasteiger partial charge in [0.25, 0.3) is 11.8 Å². The molecule has 6 aliphatic rings. The molecule has 5 heterocycles. The first-order chi connectivity index (χ1) is 54.6. The second-order valence-electron chi connectivity index (χ2n) is 35.2. The van der Waals surface area contributed by atoms with Gasteiger partial charge in [-0.3, -0.25) is 29.8 Å². The third kappa shape index (κ3) is 24.7. The zero-order valence-electron chi connectivity index (χ0n) is 69.2. The molecule has 0 bridgehead atoms. The van der Waals surface area contributed by atoms with Crippen LogP contribution in [-0.2, 0) is 48.1 Å². The van der Waals surface area contributed by atoms with Crippen LogP contribution in [0.1, 0.15) is 267 Å². The minimum Gasteiger partial charge on any atom is -0.478 e. The summed E-state index contributed by atoms with van der Waals surface area (Å²) < 4.78 is 13.0. The van der Waals surface area contributed by atoms with Gasteiger partial charge < -0.3 is 44.9 Å². The summed E-state index contributed by atoms with van der Waals surface area (Å²) >= 11 is 0. The lowest BCUT2D eigenvalue weighted by atomic mass is 9.91. The first-order valence-electron chi connectivity index (χ1n) is 41.4. The minimum absolute atomic E-state index is 0. The number of carboxylic acid groups (broad SMARTS) is 1. The quantitative estimate of drug-likeness (QED) is 0.0234. The Morgan fingerprint density at radius 1 is 0.543 bits per heavy atom. The number of H-pyrrole nitrogens is 3. The molecule has 4 aliphatic carbocycles. The summed E-state index contributed by atoms with van der Waals surface area (Å²) in [5.74, 6) is 1.97. The van der Waals surface area contributed by atoms with Gasteiger partial charge in [0.1, 0.15) is 5.60 Å². The van der Waals surface area contributed by atoms with Crippen LogP contribution in [-0.4, -0.2) is 152 Å². The number of aromatic nitrogens is 6. The molecule has 4 saturated carbocycles. The molecule has 6 fully saturated rings. The van der Waals surface area contributed by atoms with Gasteiger partial charge in [0.2, 0.25) is 0 Å². The fourth-order valence-electron chi connectivity index (χ4n) is 15.8. The van der Waals surface area contributed by atoms with Gasteiger partial charge in [0.15, 0.2) is 8.32 Å². The molecule has 9 aromatic rings. The van der Waals surface area contributed by atoms with Crippen molar-refractivity contribution < 1.29 is 43.7 Å². The van der Waals surface area contributed by atoms with Crippen molar-refractivity contribution in [3.05, 3.63) is 266 Å². The van der Waals surface area contributed by atoms with Crippen molar-refractivity contribution in [1.29, 1.82) is 0 Å². The lowest BCUT2D eigenvalue weighted by Crippen LogP contribution is -2.50. The lowest BCUT2D eigenvalue weighted by molar-refractivity contribution is -0.00241. The summed E-state index contributed by atoms with van der Waals surface area (Å²) in [6.45, 7) is 18.8. The fourth-order valence-corrected chi connectivity index (χ4v) is 17.1. The Morgan fingerprint density at radius 3 is 1.44 bits per heavy atom. The molecular formula is C94H125BN11O9Si. The number of aliphatic hydroxyl groups is 2. The molecule has 15 rings (SSSR count). The topological polar surface area (TPSA) is 267 Å². The highest BCUT2D eigenvalue weighted by atomic mass is 28.4. The summed E-state index contributed by atoms with van der Waals surface area (Å²) in [4.78, 5) is 56.1. The number of nitrogens with one attached hydrogen (secondary N) is 5. The number of carbonyl (C=O) groups excluding carboxylic acids is 3. The highest BCUT2D eigenvalue weighted by molar-refractivity contribution is 6.74. The number of ether oxygens (including phenoxy) is 1. The molecule has 3 radical (unpaired) electrons. The molecule has 3 amide bonds. The highest BCUT2D eigenvalue weighted by Gasteiger charge is 2.48. The number of carboxylic acids is 1. The molecule has 6 aromatic carbocycles. The van der Waals surface area contributed by atoms with E-state index >= 15 is 0 Å². The maximum absolute atomic E-state index is 13.7. The van der Waals surface area contributed by atoms with Crippen LogP contribution in [0.3, 0.4) is 0 Å². The standard InChI is InChI=1S/C30H43NO5Si.C28H33N3O2.C27H32N4O2.C8H13N3.CH4.B/c1-29(2,3)35-28(34)31-24(20-21-14-16-23(17-15-21)27(32)33)18-19-25(31)26(22-12-10-9-11-13-22)36-37(7,8)30(4,5)6;1-31(18-25-17-26(30-29-25)21-13-14-21)28(33)23-10-7-19(8-11-23)15-20-9-12-24(16-20)27(32)22-5-3-2-4-6-22;1-31(17-23-16-25(30-29-23)19-11-12-19)27(33)21-9-7-18(8-10-21)15-22-13-14-24(28-22)26(32)20-5-3-2-4-6-20;1-9-5-7-4-8(11-10-7)6-2-3-6;;/h9-17,24-26H,18-20H2,1-8H3,(H,32,33);2-8,10-11,17,20-21,24,27,32H,9,12-16,18H2,1H3,(H,29,30);2-10,16,19,22,24,26,28,32H,11-15,17H2,1H3,(H,29,30);4,6,9H,2-3,5H2,1H3,(H,10,11);1H4;/t24?,25-,26-;20-,24-,27+;22-,24+,26+;;;/m100.../s1. The van der Waals surface area contributed by atoms with E-state index < -0.39 is 26.0 Å². The van der Waals surface area contributed by atoms with Gasteiger partial charge in [-0.1, -0.05) is 156 Å². The first kappa shape index (κ1) is 89.1. The largest absolute Gasteiger partial charge is 0.478 e. The van der Waals surface area contributed by atoms with E-state index in [1.165, 1.54) is 61.0 Å². The summed E-state index contributed by atoms with van der Waals surface area (Å²) in [6, 6.07) is 59.5. The molecule has 116 heavy (non-hydrogen) atoms. The first-order valence-corrected chi connectivity index (χ1v) is 44.3. The Kier molecular flexibility index (Phi) is 30.9. The summed E-state index contributed by atoms with van der Waals surface area (Å²) in [6.07, 6.45) is 15.4. The number of benzene rings is 6. The number of aliphatic hydroxyl groups excluding tert-OH is 2. The number of nitrogens with zero attached hydrogens (tertiary/aromatic N) is 6. The molecule has 20 nitrogen and oxygen atoms in total. The van der Waals surface area contributed by atoms with E-state index in [1.807, 2.05) is 174 Å². The number of hydrogen-bond donors (Lipinski definition) is 8. The summed E-state index contributed by atoms with van der Waals surface area (Å²) in [5, 5.41) is 59.5. The molecule has 617 valence electrons. The van der Waals surface area contributed by atoms with Crippen LogP contribution in [0.15, 0.2) is 182 Å². The van der Waals surface area contributed by atoms with Crippen molar-refractivity contribution in [2.24, 2.45) is 11.8 Å². The molecule has 9 atom stereocenters. The van der Waals surface area contributed by atoms with Crippen LogP contribution >= 0.6 is 0 Å². The normalized spacial score (nSPS) is 19.9. The maximum atomic E-state index is 13.7. The molecule has 1 unspecified atom stereocenters. The molecule has 8 N–H and O–H groups in total. The molecule has 3 aromatic heterocycles. The van der Waals surface area contributed by atoms with E-state index in [0.717, 1.165) is 115 Å². The Labute approximate surface area is 690 Å². The second-order valence-corrected chi connectivity index (χ2v) is 40.0. The van der Waals surface area contributed by atoms with Crippen molar-refractivity contribution in [2.45, 2.75) is 255 Å². The average molecular weight is 1590 g/mol. The third-order valence-corrected chi connectivity index (χ3v) is 28.2. The predicted octanol–water partition coefficient (Wildman–Crippen LogP) is 17.9. The molecule has 0 spiro atoms. The van der Waals surface area contributed by atoms with E-state index in [0.29, 0.717) is 60.4 Å². The second kappa shape index (κ2) is 40.2. The van der Waals surface area contributed by atoms with Gasteiger partial charge in [0, 0.05) is 81.8 Å².